The predicted molar refractivity (Wildman–Crippen MR) is 56.4 cm³/mol. The fraction of sp³-hybridized carbons (Fsp3) is 0. The Hall–Kier alpha value is -1.61. The first kappa shape index (κ1) is 8.97. The van der Waals surface area contributed by atoms with Crippen LogP contribution in [0.1, 0.15) is 0 Å². The molecule has 2 aromatic rings. The zero-order chi connectivity index (χ0) is 9.97. The van der Waals surface area contributed by atoms with Gasteiger partial charge < -0.3 is 5.32 Å². The van der Waals surface area contributed by atoms with Gasteiger partial charge in [0.25, 0.3) is 0 Å². The van der Waals surface area contributed by atoms with Gasteiger partial charge in [-0.1, -0.05) is 17.7 Å². The Labute approximate surface area is 85.7 Å². The lowest BCUT2D eigenvalue weighted by Crippen LogP contribution is -1.94. The Balaban J connectivity index is 2.70. The summed E-state index contributed by atoms with van der Waals surface area (Å²) in [6, 6.07) is 7.27. The molecule has 0 aliphatic heterocycles. The van der Waals surface area contributed by atoms with E-state index in [-0.39, 0.29) is 0 Å². The highest BCUT2D eigenvalue weighted by molar-refractivity contribution is 6.31. The van der Waals surface area contributed by atoms with Crippen molar-refractivity contribution in [3.63, 3.8) is 0 Å². The smallest absolute Gasteiger partial charge is 0.211 e. The van der Waals surface area contributed by atoms with Crippen LogP contribution in [0.15, 0.2) is 30.5 Å². The summed E-state index contributed by atoms with van der Waals surface area (Å²) in [5.74, 6) is 0. The van der Waals surface area contributed by atoms with E-state index in [0.29, 0.717) is 17.1 Å². The van der Waals surface area contributed by atoms with Crippen molar-refractivity contribution in [1.29, 1.82) is 0 Å². The van der Waals surface area contributed by atoms with Gasteiger partial charge in [0.2, 0.25) is 6.41 Å². The van der Waals surface area contributed by atoms with Crippen molar-refractivity contribution in [2.45, 2.75) is 0 Å². The molecule has 2 rings (SSSR count). The Bertz CT molecular complexity index is 485. The summed E-state index contributed by atoms with van der Waals surface area (Å²) in [6.45, 7) is 0. The molecule has 1 N–H and O–H groups in total. The molecular weight excluding hydrogens is 200 g/mol. The second-order valence-electron chi connectivity index (χ2n) is 2.79. The molecule has 4 heteroatoms. The maximum Gasteiger partial charge on any atom is 0.211 e. The highest BCUT2D eigenvalue weighted by atomic mass is 35.5. The molecule has 0 bridgehead atoms. The minimum Gasteiger partial charge on any atom is -0.328 e. The zero-order valence-electron chi connectivity index (χ0n) is 7.20. The molecule has 70 valence electrons. The van der Waals surface area contributed by atoms with Crippen LogP contribution in [0.25, 0.3) is 10.9 Å². The lowest BCUT2D eigenvalue weighted by atomic mass is 10.2. The van der Waals surface area contributed by atoms with Gasteiger partial charge in [0.1, 0.15) is 0 Å². The molecule has 0 saturated heterocycles. The number of fused-ring (bicyclic) bond motifs is 1. The molecule has 14 heavy (non-hydrogen) atoms. The van der Waals surface area contributed by atoms with E-state index >= 15 is 0 Å². The highest BCUT2D eigenvalue weighted by Crippen LogP contribution is 2.23. The summed E-state index contributed by atoms with van der Waals surface area (Å²) in [5.41, 5.74) is 1.52. The largest absolute Gasteiger partial charge is 0.328 e. The van der Waals surface area contributed by atoms with Crippen LogP contribution in [0.4, 0.5) is 5.69 Å². The number of rotatable bonds is 2. The number of halogens is 1. The molecule has 1 aromatic carbocycles. The number of amides is 1. The SMILES string of the molecule is O=CNc1cccc2ncc(Cl)cc12. The summed E-state index contributed by atoms with van der Waals surface area (Å²) in [5, 5.41) is 3.99. The number of benzene rings is 1. The molecule has 0 fully saturated rings. The normalized spacial score (nSPS) is 10.1. The maximum atomic E-state index is 10.3. The predicted octanol–water partition coefficient (Wildman–Crippen LogP) is 2.46. The van der Waals surface area contributed by atoms with E-state index < -0.39 is 0 Å². The van der Waals surface area contributed by atoms with E-state index in [1.54, 1.807) is 18.3 Å². The number of hydrogen-bond donors (Lipinski definition) is 1. The Morgan fingerprint density at radius 1 is 1.43 bits per heavy atom. The Kier molecular flexibility index (Phi) is 2.33. The molecule has 0 aliphatic rings. The molecule has 0 radical (unpaired) electrons. The number of nitrogens with one attached hydrogen (secondary N) is 1. The molecule has 0 spiro atoms. The second-order valence-corrected chi connectivity index (χ2v) is 3.22. The third kappa shape index (κ3) is 1.54. The number of carbonyl (C=O) groups excluding carboxylic acids is 1. The fourth-order valence-corrected chi connectivity index (χ4v) is 1.47. The quantitative estimate of drug-likeness (QED) is 0.767. The lowest BCUT2D eigenvalue weighted by Gasteiger charge is -2.03. The fourth-order valence-electron chi connectivity index (χ4n) is 1.31. The summed E-state index contributed by atoms with van der Waals surface area (Å²) in [6.07, 6.45) is 2.21. The Morgan fingerprint density at radius 3 is 3.07 bits per heavy atom. The number of carbonyl (C=O) groups is 1. The van der Waals surface area contributed by atoms with Gasteiger partial charge in [-0.25, -0.2) is 0 Å². The summed E-state index contributed by atoms with van der Waals surface area (Å²) < 4.78 is 0. The molecule has 1 amide bonds. The number of hydrogen-bond acceptors (Lipinski definition) is 2. The average Bonchev–Trinajstić information content (AvgIpc) is 2.19. The van der Waals surface area contributed by atoms with Crippen LogP contribution >= 0.6 is 11.6 Å². The van der Waals surface area contributed by atoms with E-state index in [1.165, 1.54) is 0 Å². The standard InChI is InChI=1S/C10H7ClN2O/c11-7-4-8-9(12-5-7)2-1-3-10(8)13-6-14/h1-6H,(H,13,14). The molecule has 1 heterocycles. The van der Waals surface area contributed by atoms with E-state index in [4.69, 9.17) is 11.6 Å². The van der Waals surface area contributed by atoms with Crippen LogP contribution in [-0.2, 0) is 4.79 Å². The van der Waals surface area contributed by atoms with Gasteiger partial charge in [0, 0.05) is 17.3 Å². The van der Waals surface area contributed by atoms with Gasteiger partial charge in [-0.2, -0.15) is 0 Å². The van der Waals surface area contributed by atoms with E-state index in [2.05, 4.69) is 10.3 Å². The van der Waals surface area contributed by atoms with E-state index in [0.717, 1.165) is 10.9 Å². The van der Waals surface area contributed by atoms with Crippen LogP contribution in [0, 0.1) is 0 Å². The van der Waals surface area contributed by atoms with Crippen molar-refractivity contribution >= 4 is 34.6 Å². The topological polar surface area (TPSA) is 42.0 Å². The third-order valence-electron chi connectivity index (χ3n) is 1.91. The number of pyridine rings is 1. The Morgan fingerprint density at radius 2 is 2.29 bits per heavy atom. The third-order valence-corrected chi connectivity index (χ3v) is 2.11. The molecule has 1 aromatic heterocycles. The van der Waals surface area contributed by atoms with Crippen molar-refractivity contribution < 1.29 is 4.79 Å². The van der Waals surface area contributed by atoms with Gasteiger partial charge in [-0.3, -0.25) is 9.78 Å². The molecule has 0 atom stereocenters. The van der Waals surface area contributed by atoms with Crippen LogP contribution in [-0.4, -0.2) is 11.4 Å². The van der Waals surface area contributed by atoms with Crippen molar-refractivity contribution in [3.8, 4) is 0 Å². The van der Waals surface area contributed by atoms with Gasteiger partial charge in [-0.05, 0) is 18.2 Å². The van der Waals surface area contributed by atoms with Gasteiger partial charge in [0.15, 0.2) is 0 Å². The molecule has 0 unspecified atom stereocenters. The number of anilines is 1. The molecule has 3 nitrogen and oxygen atoms in total. The monoisotopic (exact) mass is 206 g/mol. The molecular formula is C10H7ClN2O. The summed E-state index contributed by atoms with van der Waals surface area (Å²) in [4.78, 5) is 14.5. The lowest BCUT2D eigenvalue weighted by molar-refractivity contribution is -0.105. The van der Waals surface area contributed by atoms with Crippen molar-refractivity contribution in [3.05, 3.63) is 35.5 Å². The number of aromatic nitrogens is 1. The number of nitrogens with zero attached hydrogens (tertiary/aromatic N) is 1. The van der Waals surface area contributed by atoms with Crippen molar-refractivity contribution in [2.75, 3.05) is 5.32 Å². The summed E-state index contributed by atoms with van der Waals surface area (Å²) >= 11 is 5.81. The van der Waals surface area contributed by atoms with Gasteiger partial charge in [0.05, 0.1) is 10.5 Å². The van der Waals surface area contributed by atoms with E-state index in [9.17, 15) is 4.79 Å². The first-order valence-corrected chi connectivity index (χ1v) is 4.43. The second kappa shape index (κ2) is 3.64. The van der Waals surface area contributed by atoms with Crippen molar-refractivity contribution in [1.82, 2.24) is 4.98 Å². The van der Waals surface area contributed by atoms with Crippen LogP contribution in [0.3, 0.4) is 0 Å². The van der Waals surface area contributed by atoms with Gasteiger partial charge >= 0.3 is 0 Å². The average molecular weight is 207 g/mol. The first-order valence-electron chi connectivity index (χ1n) is 4.06. The van der Waals surface area contributed by atoms with E-state index in [1.807, 2.05) is 12.1 Å². The van der Waals surface area contributed by atoms with Crippen molar-refractivity contribution in [2.24, 2.45) is 0 Å². The highest BCUT2D eigenvalue weighted by Gasteiger charge is 2.01. The maximum absolute atomic E-state index is 10.3. The van der Waals surface area contributed by atoms with Gasteiger partial charge in [-0.15, -0.1) is 0 Å². The van der Waals surface area contributed by atoms with Crippen LogP contribution < -0.4 is 5.32 Å². The molecule has 0 saturated carbocycles. The zero-order valence-corrected chi connectivity index (χ0v) is 7.95. The van der Waals surface area contributed by atoms with Crippen LogP contribution in [0.2, 0.25) is 5.02 Å². The minimum atomic E-state index is 0.553. The first-order chi connectivity index (χ1) is 6.81. The van der Waals surface area contributed by atoms with Crippen LogP contribution in [0.5, 0.6) is 0 Å². The summed E-state index contributed by atoms with van der Waals surface area (Å²) in [7, 11) is 0. The molecule has 0 aliphatic carbocycles. The minimum absolute atomic E-state index is 0.553.